The number of halogens is 3. The van der Waals surface area contributed by atoms with Gasteiger partial charge in [-0.15, -0.1) is 0 Å². The molecule has 13 heavy (non-hydrogen) atoms. The summed E-state index contributed by atoms with van der Waals surface area (Å²) in [7, 11) is 0. The van der Waals surface area contributed by atoms with Crippen LogP contribution in [0.15, 0.2) is 18.6 Å². The van der Waals surface area contributed by atoms with Gasteiger partial charge in [0.05, 0.1) is 0 Å². The van der Waals surface area contributed by atoms with E-state index >= 15 is 0 Å². The molecule has 0 aromatic carbocycles. The van der Waals surface area contributed by atoms with E-state index in [9.17, 15) is 13.2 Å². The minimum absolute atomic E-state index is 0.365. The maximum absolute atomic E-state index is 11.7. The van der Waals surface area contributed by atoms with E-state index in [1.54, 1.807) is 0 Å². The zero-order valence-electron chi connectivity index (χ0n) is 6.38. The van der Waals surface area contributed by atoms with Gasteiger partial charge in [0.25, 0.3) is 0 Å². The van der Waals surface area contributed by atoms with E-state index in [4.69, 9.17) is 0 Å². The summed E-state index contributed by atoms with van der Waals surface area (Å²) in [5.74, 6) is -0.582. The van der Waals surface area contributed by atoms with E-state index in [-0.39, 0.29) is 0 Å². The van der Waals surface area contributed by atoms with E-state index in [1.165, 1.54) is 18.6 Å². The molecule has 0 aliphatic rings. The summed E-state index contributed by atoms with van der Waals surface area (Å²) in [6, 6.07) is 1.49. The average molecular weight is 209 g/mol. The first-order valence-corrected chi connectivity index (χ1v) is 4.27. The normalized spacial score (nSPS) is 11.3. The van der Waals surface area contributed by atoms with Crippen molar-refractivity contribution in [3.63, 3.8) is 0 Å². The lowest BCUT2D eigenvalue weighted by Crippen LogP contribution is -2.12. The maximum atomic E-state index is 11.7. The number of nitrogens with zero attached hydrogens (tertiary/aromatic N) is 2. The van der Waals surface area contributed by atoms with Gasteiger partial charge in [0.1, 0.15) is 17.9 Å². The smallest absolute Gasteiger partial charge is 0.314 e. The standard InChI is InChI=1S/C6H6F3N3S/c7-6(8,9)3-13-12-5-1-2-10-4-11-5/h1-2,4H,3H2,(H,10,11,12). The molecule has 0 atom stereocenters. The van der Waals surface area contributed by atoms with Gasteiger partial charge in [-0.2, -0.15) is 13.2 Å². The van der Waals surface area contributed by atoms with Gasteiger partial charge in [-0.25, -0.2) is 9.97 Å². The molecule has 0 unspecified atom stereocenters. The van der Waals surface area contributed by atoms with Gasteiger partial charge in [0.15, 0.2) is 0 Å². The van der Waals surface area contributed by atoms with Crippen molar-refractivity contribution in [2.45, 2.75) is 6.18 Å². The van der Waals surface area contributed by atoms with Gasteiger partial charge in [-0.05, 0) is 18.0 Å². The molecule has 0 bridgehead atoms. The Morgan fingerprint density at radius 1 is 1.46 bits per heavy atom. The van der Waals surface area contributed by atoms with Crippen molar-refractivity contribution in [3.8, 4) is 0 Å². The highest BCUT2D eigenvalue weighted by molar-refractivity contribution is 8.00. The molecule has 0 radical (unpaired) electrons. The van der Waals surface area contributed by atoms with E-state index in [0.29, 0.717) is 17.8 Å². The number of hydrogen-bond donors (Lipinski definition) is 1. The molecular weight excluding hydrogens is 203 g/mol. The van der Waals surface area contributed by atoms with Crippen molar-refractivity contribution in [2.75, 3.05) is 10.5 Å². The Labute approximate surface area is 76.9 Å². The molecule has 1 rings (SSSR count). The highest BCUT2D eigenvalue weighted by Crippen LogP contribution is 2.21. The highest BCUT2D eigenvalue weighted by Gasteiger charge is 2.27. The minimum Gasteiger partial charge on any atom is -0.314 e. The topological polar surface area (TPSA) is 37.8 Å². The summed E-state index contributed by atoms with van der Waals surface area (Å²) in [4.78, 5) is 7.31. The van der Waals surface area contributed by atoms with Crippen LogP contribution < -0.4 is 4.72 Å². The molecule has 0 saturated carbocycles. The Balaban J connectivity index is 2.29. The molecule has 1 heterocycles. The molecule has 0 amide bonds. The molecular formula is C6H6F3N3S. The summed E-state index contributed by atoms with van der Waals surface area (Å²) in [5, 5.41) is 0. The van der Waals surface area contributed by atoms with Crippen LogP contribution in [0, 0.1) is 0 Å². The number of aromatic nitrogens is 2. The van der Waals surface area contributed by atoms with E-state index in [1.807, 2.05) is 0 Å². The monoisotopic (exact) mass is 209 g/mol. The number of rotatable bonds is 3. The zero-order chi connectivity index (χ0) is 9.73. The second-order valence-corrected chi connectivity index (χ2v) is 2.88. The minimum atomic E-state index is -4.16. The van der Waals surface area contributed by atoms with Gasteiger partial charge in [-0.3, -0.25) is 0 Å². The SMILES string of the molecule is FC(F)(F)CSNc1ccncn1. The van der Waals surface area contributed by atoms with Crippen LogP contribution in [0.4, 0.5) is 19.0 Å². The fourth-order valence-electron chi connectivity index (χ4n) is 0.543. The number of nitrogens with one attached hydrogen (secondary N) is 1. The van der Waals surface area contributed by atoms with Crippen LogP contribution in [-0.2, 0) is 0 Å². The Bertz CT molecular complexity index is 251. The average Bonchev–Trinajstić information content (AvgIpc) is 2.04. The Hall–Kier alpha value is -0.980. The highest BCUT2D eigenvalue weighted by atomic mass is 32.2. The van der Waals surface area contributed by atoms with Crippen LogP contribution in [-0.4, -0.2) is 21.9 Å². The van der Waals surface area contributed by atoms with Crippen molar-refractivity contribution in [1.82, 2.24) is 9.97 Å². The van der Waals surface area contributed by atoms with Crippen LogP contribution >= 0.6 is 11.9 Å². The molecule has 0 aliphatic heterocycles. The van der Waals surface area contributed by atoms with E-state index in [2.05, 4.69) is 14.7 Å². The van der Waals surface area contributed by atoms with Crippen molar-refractivity contribution in [2.24, 2.45) is 0 Å². The molecule has 0 fully saturated rings. The van der Waals surface area contributed by atoms with Gasteiger partial charge in [-0.1, -0.05) is 0 Å². The largest absolute Gasteiger partial charge is 0.399 e. The second kappa shape index (κ2) is 4.31. The third kappa shape index (κ3) is 4.56. The lowest BCUT2D eigenvalue weighted by molar-refractivity contribution is -0.105. The summed E-state index contributed by atoms with van der Waals surface area (Å²) in [6.45, 7) is 0. The second-order valence-electron chi connectivity index (χ2n) is 2.10. The van der Waals surface area contributed by atoms with E-state index < -0.39 is 11.9 Å². The number of hydrogen-bond acceptors (Lipinski definition) is 4. The summed E-state index contributed by atoms with van der Waals surface area (Å²) in [5.41, 5.74) is 0. The zero-order valence-corrected chi connectivity index (χ0v) is 7.19. The van der Waals surface area contributed by atoms with E-state index in [0.717, 1.165) is 0 Å². The first kappa shape index (κ1) is 10.1. The fraction of sp³-hybridized carbons (Fsp3) is 0.333. The molecule has 7 heteroatoms. The van der Waals surface area contributed by atoms with Crippen LogP contribution in [0.2, 0.25) is 0 Å². The summed E-state index contributed by atoms with van der Waals surface area (Å²) < 4.78 is 37.4. The van der Waals surface area contributed by atoms with Crippen molar-refractivity contribution >= 4 is 17.8 Å². The van der Waals surface area contributed by atoms with Crippen molar-refractivity contribution < 1.29 is 13.2 Å². The van der Waals surface area contributed by atoms with Crippen molar-refractivity contribution in [3.05, 3.63) is 18.6 Å². The van der Waals surface area contributed by atoms with Crippen molar-refractivity contribution in [1.29, 1.82) is 0 Å². The number of alkyl halides is 3. The molecule has 3 nitrogen and oxygen atoms in total. The van der Waals surface area contributed by atoms with Crippen LogP contribution in [0.5, 0.6) is 0 Å². The Morgan fingerprint density at radius 2 is 2.23 bits per heavy atom. The summed E-state index contributed by atoms with van der Waals surface area (Å²) >= 11 is 0.548. The van der Waals surface area contributed by atoms with Crippen LogP contribution in [0.3, 0.4) is 0 Å². The predicted octanol–water partition coefficient (Wildman–Crippen LogP) is 2.10. The third-order valence-electron chi connectivity index (χ3n) is 0.995. The molecule has 0 saturated heterocycles. The fourth-order valence-corrected chi connectivity index (χ4v) is 1.05. The summed E-state index contributed by atoms with van der Waals surface area (Å²) in [6.07, 6.45) is -1.45. The number of anilines is 1. The third-order valence-corrected chi connectivity index (χ3v) is 1.82. The molecule has 1 aromatic rings. The lowest BCUT2D eigenvalue weighted by Gasteiger charge is -2.06. The Kier molecular flexibility index (Phi) is 3.35. The predicted molar refractivity (Wildman–Crippen MR) is 44.2 cm³/mol. The Morgan fingerprint density at radius 3 is 2.77 bits per heavy atom. The molecule has 1 N–H and O–H groups in total. The van der Waals surface area contributed by atoms with Gasteiger partial charge in [0.2, 0.25) is 0 Å². The van der Waals surface area contributed by atoms with Crippen LogP contribution in [0.25, 0.3) is 0 Å². The van der Waals surface area contributed by atoms with Gasteiger partial charge >= 0.3 is 6.18 Å². The van der Waals surface area contributed by atoms with Crippen LogP contribution in [0.1, 0.15) is 0 Å². The van der Waals surface area contributed by atoms with Gasteiger partial charge in [0, 0.05) is 6.20 Å². The first-order chi connectivity index (χ1) is 6.08. The molecule has 1 aromatic heterocycles. The lowest BCUT2D eigenvalue weighted by atomic mass is 10.6. The quantitative estimate of drug-likeness (QED) is 0.773. The van der Waals surface area contributed by atoms with Gasteiger partial charge < -0.3 is 4.72 Å². The first-order valence-electron chi connectivity index (χ1n) is 3.28. The molecule has 72 valence electrons. The maximum Gasteiger partial charge on any atom is 0.399 e. The molecule has 0 aliphatic carbocycles. The molecule has 0 spiro atoms.